The van der Waals surface area contributed by atoms with Crippen molar-refractivity contribution in [1.29, 1.82) is 0 Å². The first kappa shape index (κ1) is 14.4. The van der Waals surface area contributed by atoms with Crippen LogP contribution in [0.1, 0.15) is 6.42 Å². The van der Waals surface area contributed by atoms with E-state index in [9.17, 15) is 4.79 Å². The third kappa shape index (κ3) is 2.25. The van der Waals surface area contributed by atoms with E-state index in [4.69, 9.17) is 18.6 Å². The van der Waals surface area contributed by atoms with Crippen LogP contribution in [0.25, 0.3) is 11.1 Å². The molecule has 8 heteroatoms. The summed E-state index contributed by atoms with van der Waals surface area (Å²) in [6.07, 6.45) is 4.98. The monoisotopic (exact) mass is 341 g/mol. The maximum absolute atomic E-state index is 12.1. The van der Waals surface area contributed by atoms with Gasteiger partial charge in [-0.15, -0.1) is 0 Å². The van der Waals surface area contributed by atoms with Gasteiger partial charge in [0, 0.05) is 12.2 Å². The van der Waals surface area contributed by atoms with Gasteiger partial charge in [0.05, 0.1) is 18.8 Å². The molecule has 25 heavy (non-hydrogen) atoms. The van der Waals surface area contributed by atoms with E-state index in [0.29, 0.717) is 22.8 Å². The Kier molecular flexibility index (Phi) is 3.01. The Balaban J connectivity index is 1.37. The molecule has 1 spiro atoms. The van der Waals surface area contributed by atoms with Crippen LogP contribution in [-0.2, 0) is 19.0 Å². The van der Waals surface area contributed by atoms with Crippen LogP contribution in [0.15, 0.2) is 47.2 Å². The van der Waals surface area contributed by atoms with Crippen molar-refractivity contribution in [3.8, 4) is 0 Å². The van der Waals surface area contributed by atoms with E-state index in [0.717, 1.165) is 26.2 Å². The third-order valence-corrected chi connectivity index (χ3v) is 4.71. The van der Waals surface area contributed by atoms with Gasteiger partial charge < -0.3 is 28.8 Å². The molecule has 0 bridgehead atoms. The first-order valence-corrected chi connectivity index (χ1v) is 7.98. The van der Waals surface area contributed by atoms with Gasteiger partial charge in [-0.25, -0.2) is 0 Å². The lowest BCUT2D eigenvalue weighted by Gasteiger charge is -2.56. The van der Waals surface area contributed by atoms with Crippen LogP contribution in [-0.4, -0.2) is 36.2 Å². The number of hydrogen-bond donors (Lipinski definition) is 1. The minimum atomic E-state index is -0.402. The largest absolute Gasteiger partial charge is 0.465 e. The van der Waals surface area contributed by atoms with Crippen molar-refractivity contribution in [2.75, 3.05) is 30.0 Å². The van der Waals surface area contributed by atoms with Crippen LogP contribution in [0.2, 0.25) is 0 Å². The molecule has 5 rings (SSSR count). The van der Waals surface area contributed by atoms with Crippen molar-refractivity contribution < 1.29 is 23.4 Å². The molecular formula is C17H15N3O5. The SMILES string of the molecule is O=C(Nc1ccc2oc(N3CCC34COC4)nc2c1)C1=COC=CO1. The Labute approximate surface area is 142 Å². The molecule has 0 unspecified atom stereocenters. The third-order valence-electron chi connectivity index (χ3n) is 4.71. The van der Waals surface area contributed by atoms with E-state index in [1.165, 1.54) is 18.8 Å². The number of nitrogens with one attached hydrogen (secondary N) is 1. The van der Waals surface area contributed by atoms with Gasteiger partial charge in [-0.1, -0.05) is 0 Å². The molecule has 0 atom stereocenters. The van der Waals surface area contributed by atoms with Crippen LogP contribution in [0.3, 0.4) is 0 Å². The molecule has 8 nitrogen and oxygen atoms in total. The number of benzene rings is 1. The van der Waals surface area contributed by atoms with Gasteiger partial charge in [0.25, 0.3) is 11.9 Å². The van der Waals surface area contributed by atoms with Crippen LogP contribution >= 0.6 is 0 Å². The molecule has 0 radical (unpaired) electrons. The zero-order valence-corrected chi connectivity index (χ0v) is 13.2. The number of ether oxygens (including phenoxy) is 3. The molecule has 1 amide bonds. The van der Waals surface area contributed by atoms with E-state index >= 15 is 0 Å². The molecular weight excluding hydrogens is 326 g/mol. The Hall–Kier alpha value is -3.00. The molecule has 4 heterocycles. The second-order valence-corrected chi connectivity index (χ2v) is 6.26. The second-order valence-electron chi connectivity index (χ2n) is 6.26. The lowest BCUT2D eigenvalue weighted by molar-refractivity contribution is -0.115. The van der Waals surface area contributed by atoms with Gasteiger partial charge in [-0.05, 0) is 24.6 Å². The molecule has 2 aromatic rings. The lowest BCUT2D eigenvalue weighted by atomic mass is 9.83. The van der Waals surface area contributed by atoms with Crippen molar-refractivity contribution in [3.05, 3.63) is 42.7 Å². The van der Waals surface area contributed by atoms with Gasteiger partial charge >= 0.3 is 0 Å². The van der Waals surface area contributed by atoms with Crippen molar-refractivity contribution in [1.82, 2.24) is 4.98 Å². The normalized spacial score (nSPS) is 20.3. The van der Waals surface area contributed by atoms with Gasteiger partial charge in [0.2, 0.25) is 5.76 Å². The number of oxazole rings is 1. The van der Waals surface area contributed by atoms with Gasteiger partial charge in [-0.3, -0.25) is 4.79 Å². The van der Waals surface area contributed by atoms with Crippen molar-refractivity contribution in [3.63, 3.8) is 0 Å². The maximum atomic E-state index is 12.1. The number of amides is 1. The number of anilines is 2. The molecule has 128 valence electrons. The molecule has 1 aromatic carbocycles. The van der Waals surface area contributed by atoms with Crippen LogP contribution in [0.4, 0.5) is 11.7 Å². The Morgan fingerprint density at radius 2 is 2.20 bits per heavy atom. The van der Waals surface area contributed by atoms with E-state index in [2.05, 4.69) is 15.2 Å². The number of fused-ring (bicyclic) bond motifs is 1. The first-order valence-electron chi connectivity index (χ1n) is 7.98. The average Bonchev–Trinajstić information content (AvgIpc) is 2.95. The highest BCUT2D eigenvalue weighted by atomic mass is 16.5. The van der Waals surface area contributed by atoms with Crippen LogP contribution in [0.5, 0.6) is 0 Å². The Morgan fingerprint density at radius 1 is 1.28 bits per heavy atom. The Morgan fingerprint density at radius 3 is 2.88 bits per heavy atom. The van der Waals surface area contributed by atoms with Gasteiger partial charge in [0.1, 0.15) is 24.3 Å². The lowest BCUT2D eigenvalue weighted by Crippen LogP contribution is -2.71. The van der Waals surface area contributed by atoms with Crippen molar-refractivity contribution >= 4 is 28.7 Å². The summed E-state index contributed by atoms with van der Waals surface area (Å²) in [5, 5.41) is 2.75. The zero-order chi connectivity index (χ0) is 16.9. The Bertz CT molecular complexity index is 907. The fourth-order valence-electron chi connectivity index (χ4n) is 3.15. The fraction of sp³-hybridized carbons (Fsp3) is 0.294. The van der Waals surface area contributed by atoms with Gasteiger partial charge in [-0.2, -0.15) is 4.98 Å². The maximum Gasteiger partial charge on any atom is 0.299 e. The number of hydrogen-bond acceptors (Lipinski definition) is 7. The highest BCUT2D eigenvalue weighted by Crippen LogP contribution is 2.41. The zero-order valence-electron chi connectivity index (χ0n) is 13.2. The molecule has 1 aromatic heterocycles. The summed E-state index contributed by atoms with van der Waals surface area (Å²) in [5.41, 5.74) is 2.03. The summed E-state index contributed by atoms with van der Waals surface area (Å²) < 4.78 is 21.2. The topological polar surface area (TPSA) is 86.1 Å². The number of aromatic nitrogens is 1. The van der Waals surface area contributed by atoms with Crippen molar-refractivity contribution in [2.45, 2.75) is 12.0 Å². The second kappa shape index (κ2) is 5.25. The summed E-state index contributed by atoms with van der Waals surface area (Å²) in [5.74, 6) is -0.323. The minimum Gasteiger partial charge on any atom is -0.465 e. The molecule has 3 aliphatic rings. The van der Waals surface area contributed by atoms with Gasteiger partial charge in [0.15, 0.2) is 5.58 Å². The smallest absolute Gasteiger partial charge is 0.299 e. The molecule has 2 fully saturated rings. The summed E-state index contributed by atoms with van der Waals surface area (Å²) in [4.78, 5) is 18.8. The summed E-state index contributed by atoms with van der Waals surface area (Å²) >= 11 is 0. The minimum absolute atomic E-state index is 0.0657. The van der Waals surface area contributed by atoms with Crippen LogP contribution < -0.4 is 10.2 Å². The molecule has 1 N–H and O–H groups in total. The van der Waals surface area contributed by atoms with E-state index in [1.54, 1.807) is 18.2 Å². The molecule has 0 aliphatic carbocycles. The summed E-state index contributed by atoms with van der Waals surface area (Å²) in [6, 6.07) is 5.92. The molecule has 3 aliphatic heterocycles. The average molecular weight is 341 g/mol. The van der Waals surface area contributed by atoms with E-state index in [1.807, 2.05) is 0 Å². The highest BCUT2D eigenvalue weighted by molar-refractivity contribution is 6.03. The molecule has 0 saturated carbocycles. The number of carbonyl (C=O) groups excluding carboxylic acids is 1. The van der Waals surface area contributed by atoms with E-state index in [-0.39, 0.29) is 11.3 Å². The number of carbonyl (C=O) groups is 1. The fourth-order valence-corrected chi connectivity index (χ4v) is 3.15. The summed E-state index contributed by atoms with van der Waals surface area (Å²) in [6.45, 7) is 2.36. The predicted octanol–water partition coefficient (Wildman–Crippen LogP) is 2.10. The van der Waals surface area contributed by atoms with Crippen LogP contribution in [0, 0.1) is 0 Å². The van der Waals surface area contributed by atoms with Crippen molar-refractivity contribution in [2.24, 2.45) is 0 Å². The predicted molar refractivity (Wildman–Crippen MR) is 87.5 cm³/mol. The number of nitrogens with zero attached hydrogens (tertiary/aromatic N) is 2. The standard InChI is InChI=1S/C17H15N3O5/c21-15(14-8-22-5-6-24-14)18-11-1-2-13-12(7-11)19-16(25-13)20-4-3-17(20)9-23-10-17/h1-2,5-8H,3-4,9-10H2,(H,18,21). The quantitative estimate of drug-likeness (QED) is 0.915. The van der Waals surface area contributed by atoms with E-state index < -0.39 is 5.91 Å². The first-order chi connectivity index (χ1) is 12.2. The molecule has 2 saturated heterocycles. The number of rotatable bonds is 3. The highest BCUT2D eigenvalue weighted by Gasteiger charge is 2.52. The summed E-state index contributed by atoms with van der Waals surface area (Å²) in [7, 11) is 0.